The fraction of sp³-hybridized carbons (Fsp3) is 0.500. The van der Waals surface area contributed by atoms with Crippen molar-refractivity contribution < 1.29 is 9.32 Å². The zero-order chi connectivity index (χ0) is 16.5. The van der Waals surface area contributed by atoms with Crippen molar-refractivity contribution in [3.8, 4) is 0 Å². The summed E-state index contributed by atoms with van der Waals surface area (Å²) in [5, 5.41) is 6.78. The van der Waals surface area contributed by atoms with E-state index in [1.54, 1.807) is 7.05 Å². The zero-order valence-electron chi connectivity index (χ0n) is 13.9. The van der Waals surface area contributed by atoms with Gasteiger partial charge in [0.1, 0.15) is 0 Å². The first-order valence-corrected chi connectivity index (χ1v) is 8.60. The lowest BCUT2D eigenvalue weighted by Crippen LogP contribution is -2.25. The summed E-state index contributed by atoms with van der Waals surface area (Å²) in [6.45, 7) is 1.56. The van der Waals surface area contributed by atoms with Gasteiger partial charge in [0.05, 0.1) is 6.54 Å². The summed E-state index contributed by atoms with van der Waals surface area (Å²) in [7, 11) is 1.64. The average Bonchev–Trinajstić information content (AvgIpc) is 3.53. The predicted octanol–water partition coefficient (Wildman–Crippen LogP) is 2.47. The lowest BCUT2D eigenvalue weighted by molar-refractivity contribution is 0.0963. The van der Waals surface area contributed by atoms with Gasteiger partial charge in [0.15, 0.2) is 5.82 Å². The van der Waals surface area contributed by atoms with Crippen LogP contribution in [0, 0.1) is 0 Å². The number of rotatable bonds is 7. The van der Waals surface area contributed by atoms with E-state index in [0.29, 0.717) is 17.5 Å². The minimum atomic E-state index is -0.0556. The predicted molar refractivity (Wildman–Crippen MR) is 88.4 cm³/mol. The van der Waals surface area contributed by atoms with E-state index in [2.05, 4.69) is 20.4 Å². The quantitative estimate of drug-likeness (QED) is 0.846. The van der Waals surface area contributed by atoms with Crippen LogP contribution in [-0.4, -0.2) is 34.0 Å². The monoisotopic (exact) mass is 326 g/mol. The number of carbonyl (C=O) groups excluding carboxylic acids is 1. The fourth-order valence-electron chi connectivity index (χ4n) is 2.90. The van der Waals surface area contributed by atoms with Gasteiger partial charge in [0, 0.05) is 31.1 Å². The fourth-order valence-corrected chi connectivity index (χ4v) is 2.90. The summed E-state index contributed by atoms with van der Waals surface area (Å²) in [5.74, 6) is 2.03. The van der Waals surface area contributed by atoms with E-state index in [1.807, 2.05) is 24.3 Å². The Morgan fingerprint density at radius 3 is 2.58 bits per heavy atom. The van der Waals surface area contributed by atoms with E-state index >= 15 is 0 Å². The molecule has 0 radical (unpaired) electrons. The van der Waals surface area contributed by atoms with E-state index in [9.17, 15) is 4.79 Å². The number of nitrogens with zero attached hydrogens (tertiary/aromatic N) is 3. The summed E-state index contributed by atoms with van der Waals surface area (Å²) in [6.07, 6.45) is 4.80. The number of hydrogen-bond donors (Lipinski definition) is 1. The smallest absolute Gasteiger partial charge is 0.251 e. The molecule has 0 bridgehead atoms. The van der Waals surface area contributed by atoms with Crippen molar-refractivity contribution in [3.05, 3.63) is 47.1 Å². The van der Waals surface area contributed by atoms with Gasteiger partial charge in [-0.05, 0) is 43.4 Å². The van der Waals surface area contributed by atoms with Crippen molar-refractivity contribution in [2.24, 2.45) is 0 Å². The molecule has 0 spiro atoms. The Hall–Kier alpha value is -2.21. The summed E-state index contributed by atoms with van der Waals surface area (Å²) in [6, 6.07) is 8.39. The van der Waals surface area contributed by atoms with Crippen LogP contribution in [-0.2, 0) is 13.1 Å². The maximum absolute atomic E-state index is 11.6. The van der Waals surface area contributed by atoms with Gasteiger partial charge in [-0.2, -0.15) is 4.98 Å². The van der Waals surface area contributed by atoms with Gasteiger partial charge in [-0.25, -0.2) is 0 Å². The molecule has 6 nitrogen and oxygen atoms in total. The van der Waals surface area contributed by atoms with Crippen LogP contribution >= 0.6 is 0 Å². The number of carbonyl (C=O) groups is 1. The molecule has 24 heavy (non-hydrogen) atoms. The lowest BCUT2D eigenvalue weighted by atomic mass is 10.1. The number of hydrogen-bond acceptors (Lipinski definition) is 5. The van der Waals surface area contributed by atoms with Gasteiger partial charge in [-0.15, -0.1) is 0 Å². The highest BCUT2D eigenvalue weighted by atomic mass is 16.5. The Bertz CT molecular complexity index is 717. The molecular weight excluding hydrogens is 304 g/mol. The largest absolute Gasteiger partial charge is 0.355 e. The topological polar surface area (TPSA) is 71.3 Å². The summed E-state index contributed by atoms with van der Waals surface area (Å²) in [5.41, 5.74) is 1.88. The SMILES string of the molecule is CNC(=O)c1ccc(CN(Cc2noc(C3CC3)n2)C2CC2)cc1. The van der Waals surface area contributed by atoms with Crippen molar-refractivity contribution in [2.45, 2.75) is 50.7 Å². The molecule has 2 fully saturated rings. The number of amides is 1. The Labute approximate surface area is 141 Å². The average molecular weight is 326 g/mol. The van der Waals surface area contributed by atoms with E-state index in [-0.39, 0.29) is 5.91 Å². The van der Waals surface area contributed by atoms with E-state index in [4.69, 9.17) is 4.52 Å². The molecule has 2 saturated carbocycles. The van der Waals surface area contributed by atoms with Crippen molar-refractivity contribution in [1.82, 2.24) is 20.4 Å². The molecule has 2 aliphatic carbocycles. The first-order chi connectivity index (χ1) is 11.7. The molecule has 1 N–H and O–H groups in total. The van der Waals surface area contributed by atoms with Gasteiger partial charge >= 0.3 is 0 Å². The van der Waals surface area contributed by atoms with Crippen LogP contribution in [0.4, 0.5) is 0 Å². The van der Waals surface area contributed by atoms with Crippen molar-refractivity contribution in [3.63, 3.8) is 0 Å². The first kappa shape index (κ1) is 15.3. The van der Waals surface area contributed by atoms with E-state index in [0.717, 1.165) is 24.8 Å². The first-order valence-electron chi connectivity index (χ1n) is 8.60. The van der Waals surface area contributed by atoms with Crippen LogP contribution in [0.25, 0.3) is 0 Å². The van der Waals surface area contributed by atoms with Gasteiger partial charge in [0.25, 0.3) is 5.91 Å². The highest BCUT2D eigenvalue weighted by Gasteiger charge is 2.32. The van der Waals surface area contributed by atoms with Gasteiger partial charge < -0.3 is 9.84 Å². The Morgan fingerprint density at radius 1 is 1.21 bits per heavy atom. The van der Waals surface area contributed by atoms with Gasteiger partial charge in [-0.3, -0.25) is 9.69 Å². The molecule has 126 valence electrons. The lowest BCUT2D eigenvalue weighted by Gasteiger charge is -2.20. The second-order valence-electron chi connectivity index (χ2n) is 6.74. The number of nitrogens with one attached hydrogen (secondary N) is 1. The summed E-state index contributed by atoms with van der Waals surface area (Å²) in [4.78, 5) is 18.6. The van der Waals surface area contributed by atoms with E-state index in [1.165, 1.54) is 31.2 Å². The van der Waals surface area contributed by atoms with Crippen LogP contribution in [0.15, 0.2) is 28.8 Å². The Balaban J connectivity index is 1.42. The Kier molecular flexibility index (Phi) is 4.06. The van der Waals surface area contributed by atoms with Crippen LogP contribution in [0.1, 0.15) is 59.2 Å². The maximum Gasteiger partial charge on any atom is 0.251 e. The third-order valence-corrected chi connectivity index (χ3v) is 4.65. The van der Waals surface area contributed by atoms with Gasteiger partial charge in [0.2, 0.25) is 5.89 Å². The van der Waals surface area contributed by atoms with Crippen LogP contribution in [0.2, 0.25) is 0 Å². The van der Waals surface area contributed by atoms with Crippen LogP contribution in [0.5, 0.6) is 0 Å². The van der Waals surface area contributed by atoms with Crippen LogP contribution < -0.4 is 5.32 Å². The molecule has 1 aromatic heterocycles. The molecule has 2 aromatic rings. The second-order valence-corrected chi connectivity index (χ2v) is 6.74. The Morgan fingerprint density at radius 2 is 1.96 bits per heavy atom. The highest BCUT2D eigenvalue weighted by Crippen LogP contribution is 2.39. The van der Waals surface area contributed by atoms with Crippen molar-refractivity contribution >= 4 is 5.91 Å². The minimum Gasteiger partial charge on any atom is -0.355 e. The molecule has 0 aliphatic heterocycles. The molecule has 1 heterocycles. The van der Waals surface area contributed by atoms with E-state index < -0.39 is 0 Å². The molecular formula is C18H22N4O2. The van der Waals surface area contributed by atoms with Gasteiger partial charge in [-0.1, -0.05) is 17.3 Å². The van der Waals surface area contributed by atoms with Crippen molar-refractivity contribution in [2.75, 3.05) is 7.05 Å². The number of benzene rings is 1. The zero-order valence-corrected chi connectivity index (χ0v) is 13.9. The number of aromatic nitrogens is 2. The molecule has 4 rings (SSSR count). The molecule has 1 amide bonds. The molecule has 0 atom stereocenters. The van der Waals surface area contributed by atoms with Crippen LogP contribution in [0.3, 0.4) is 0 Å². The minimum absolute atomic E-state index is 0.0556. The standard InChI is InChI=1S/C18H22N4O2/c1-19-17(23)13-4-2-12(3-5-13)10-22(15-8-9-15)11-16-20-18(24-21-16)14-6-7-14/h2-5,14-15H,6-11H2,1H3,(H,19,23). The normalized spacial score (nSPS) is 17.2. The summed E-state index contributed by atoms with van der Waals surface area (Å²) >= 11 is 0. The molecule has 0 saturated heterocycles. The third kappa shape index (κ3) is 3.48. The molecule has 6 heteroatoms. The molecule has 1 aromatic carbocycles. The highest BCUT2D eigenvalue weighted by molar-refractivity contribution is 5.93. The summed E-state index contributed by atoms with van der Waals surface area (Å²) < 4.78 is 5.36. The molecule has 0 unspecified atom stereocenters. The second kappa shape index (κ2) is 6.36. The third-order valence-electron chi connectivity index (χ3n) is 4.65. The maximum atomic E-state index is 11.6. The molecule has 2 aliphatic rings. The van der Waals surface area contributed by atoms with Crippen molar-refractivity contribution in [1.29, 1.82) is 0 Å².